The molecule has 1 N–H and O–H groups in total. The molecular weight excluding hydrogens is 418 g/mol. The van der Waals surface area contributed by atoms with Crippen LogP contribution < -0.4 is 0 Å². The molecule has 1 unspecified atom stereocenters. The first kappa shape index (κ1) is 19.2. The van der Waals surface area contributed by atoms with Crippen LogP contribution in [0.15, 0.2) is 53.8 Å². The SMILES string of the molecule is O=C(O)/C(C/C=C/CBr)=C1/O[C@@H]2CC(=O)N2C1C(=O)OCc1ccccc1. The second-order valence-corrected chi connectivity index (χ2v) is 6.70. The van der Waals surface area contributed by atoms with E-state index in [9.17, 15) is 19.5 Å². The van der Waals surface area contributed by atoms with E-state index in [4.69, 9.17) is 9.47 Å². The molecule has 2 aliphatic heterocycles. The fourth-order valence-electron chi connectivity index (χ4n) is 2.97. The molecule has 0 aromatic heterocycles. The molecule has 0 spiro atoms. The van der Waals surface area contributed by atoms with Crippen LogP contribution in [-0.4, -0.2) is 45.5 Å². The molecule has 2 fully saturated rings. The van der Waals surface area contributed by atoms with Gasteiger partial charge in [0.1, 0.15) is 12.4 Å². The quantitative estimate of drug-likeness (QED) is 0.232. The van der Waals surface area contributed by atoms with E-state index in [0.717, 1.165) is 5.56 Å². The smallest absolute Gasteiger partial charge is 0.337 e. The number of halogens is 1. The molecule has 2 atom stereocenters. The summed E-state index contributed by atoms with van der Waals surface area (Å²) < 4.78 is 11.0. The standard InChI is InChI=1S/C19H18BrNO6/c20-9-5-4-8-13(18(23)24)17-16(21-14(22)10-15(21)27-17)19(25)26-11-12-6-2-1-3-7-12/h1-7,15-16H,8-11H2,(H,23,24)/b5-4+,17-13+/t15-,16?/m1/s1. The maximum atomic E-state index is 12.7. The minimum atomic E-state index is -1.19. The predicted octanol–water partition coefficient (Wildman–Crippen LogP) is 2.37. The van der Waals surface area contributed by atoms with Crippen molar-refractivity contribution in [1.29, 1.82) is 0 Å². The van der Waals surface area contributed by atoms with E-state index >= 15 is 0 Å². The van der Waals surface area contributed by atoms with Crippen molar-refractivity contribution >= 4 is 33.8 Å². The largest absolute Gasteiger partial charge is 0.478 e. The van der Waals surface area contributed by atoms with Gasteiger partial charge in [0, 0.05) is 11.8 Å². The van der Waals surface area contributed by atoms with Gasteiger partial charge in [-0.2, -0.15) is 0 Å². The van der Waals surface area contributed by atoms with E-state index in [1.807, 2.05) is 18.2 Å². The van der Waals surface area contributed by atoms with Crippen LogP contribution in [0.3, 0.4) is 0 Å². The first-order valence-corrected chi connectivity index (χ1v) is 9.50. The summed E-state index contributed by atoms with van der Waals surface area (Å²) in [4.78, 5) is 37.6. The van der Waals surface area contributed by atoms with Gasteiger partial charge in [-0.1, -0.05) is 58.4 Å². The third-order valence-corrected chi connectivity index (χ3v) is 4.69. The second kappa shape index (κ2) is 8.39. The van der Waals surface area contributed by atoms with Crippen molar-refractivity contribution in [3.63, 3.8) is 0 Å². The number of allylic oxidation sites excluding steroid dienone is 2. The molecule has 1 aromatic rings. The Hall–Kier alpha value is -2.61. The van der Waals surface area contributed by atoms with Crippen LogP contribution in [-0.2, 0) is 30.5 Å². The number of hydrogen-bond donors (Lipinski definition) is 1. The molecule has 2 heterocycles. The maximum absolute atomic E-state index is 12.7. The molecule has 0 saturated carbocycles. The molecule has 0 aliphatic carbocycles. The molecule has 3 rings (SSSR count). The van der Waals surface area contributed by atoms with Crippen LogP contribution in [0.25, 0.3) is 0 Å². The number of ether oxygens (including phenoxy) is 2. The normalized spacial score (nSPS) is 22.9. The molecule has 0 bridgehead atoms. The lowest BCUT2D eigenvalue weighted by molar-refractivity contribution is -0.166. The van der Waals surface area contributed by atoms with Crippen LogP contribution >= 0.6 is 15.9 Å². The van der Waals surface area contributed by atoms with Crippen molar-refractivity contribution < 1.29 is 29.0 Å². The fourth-order valence-corrected chi connectivity index (χ4v) is 3.23. The summed E-state index contributed by atoms with van der Waals surface area (Å²) in [5, 5.41) is 10.1. The average molecular weight is 436 g/mol. The molecule has 27 heavy (non-hydrogen) atoms. The van der Waals surface area contributed by atoms with Crippen molar-refractivity contribution in [3.8, 4) is 0 Å². The van der Waals surface area contributed by atoms with Crippen LogP contribution in [0.5, 0.6) is 0 Å². The zero-order chi connectivity index (χ0) is 19.4. The summed E-state index contributed by atoms with van der Waals surface area (Å²) in [6.45, 7) is 0.0298. The number of aliphatic carboxylic acids is 1. The number of fused-ring (bicyclic) bond motifs is 1. The number of benzene rings is 1. The number of carboxylic acids is 1. The molecule has 1 amide bonds. The first-order valence-electron chi connectivity index (χ1n) is 8.38. The van der Waals surface area contributed by atoms with Crippen LogP contribution in [0.1, 0.15) is 18.4 Å². The highest BCUT2D eigenvalue weighted by atomic mass is 79.9. The van der Waals surface area contributed by atoms with Crippen molar-refractivity contribution in [2.24, 2.45) is 0 Å². The lowest BCUT2D eigenvalue weighted by atomic mass is 10.0. The number of amides is 1. The Balaban J connectivity index is 1.84. The number of nitrogens with zero attached hydrogens (tertiary/aromatic N) is 1. The Morgan fingerprint density at radius 2 is 2.04 bits per heavy atom. The van der Waals surface area contributed by atoms with Crippen LogP contribution in [0.2, 0.25) is 0 Å². The van der Waals surface area contributed by atoms with E-state index in [2.05, 4.69) is 15.9 Å². The number of carboxylic acid groups (broad SMARTS) is 1. The third kappa shape index (κ3) is 4.05. The Labute approximate surface area is 164 Å². The summed E-state index contributed by atoms with van der Waals surface area (Å²) >= 11 is 3.23. The Morgan fingerprint density at radius 3 is 2.67 bits per heavy atom. The zero-order valence-corrected chi connectivity index (χ0v) is 15.9. The molecular formula is C19H18BrNO6. The highest BCUT2D eigenvalue weighted by Crippen LogP contribution is 2.39. The van der Waals surface area contributed by atoms with E-state index in [-0.39, 0.29) is 36.7 Å². The number of hydrogen-bond acceptors (Lipinski definition) is 5. The average Bonchev–Trinajstić information content (AvgIpc) is 2.96. The summed E-state index contributed by atoms with van der Waals surface area (Å²) in [7, 11) is 0. The highest BCUT2D eigenvalue weighted by molar-refractivity contribution is 9.09. The number of carbonyl (C=O) groups is 3. The number of carbonyl (C=O) groups excluding carboxylic acids is 2. The summed E-state index contributed by atoms with van der Waals surface area (Å²) in [6, 6.07) is 7.94. The lowest BCUT2D eigenvalue weighted by Gasteiger charge is -2.33. The maximum Gasteiger partial charge on any atom is 0.337 e. The monoisotopic (exact) mass is 435 g/mol. The van der Waals surface area contributed by atoms with Crippen molar-refractivity contribution in [1.82, 2.24) is 4.90 Å². The summed E-state index contributed by atoms with van der Waals surface area (Å²) in [6.07, 6.45) is 3.00. The number of β-lactam (4-membered cyclic amide) rings is 1. The number of esters is 1. The van der Waals surface area contributed by atoms with Gasteiger partial charge >= 0.3 is 11.9 Å². The minimum Gasteiger partial charge on any atom is -0.478 e. The van der Waals surface area contributed by atoms with Crippen LogP contribution in [0, 0.1) is 0 Å². The van der Waals surface area contributed by atoms with Crippen LogP contribution in [0.4, 0.5) is 0 Å². The lowest BCUT2D eigenvalue weighted by Crippen LogP contribution is -2.55. The summed E-state index contributed by atoms with van der Waals surface area (Å²) in [5.41, 5.74) is 0.733. The van der Waals surface area contributed by atoms with Gasteiger partial charge < -0.3 is 14.6 Å². The van der Waals surface area contributed by atoms with Gasteiger partial charge in [-0.3, -0.25) is 9.69 Å². The van der Waals surface area contributed by atoms with Gasteiger partial charge in [0.15, 0.2) is 12.3 Å². The fraction of sp³-hybridized carbons (Fsp3) is 0.316. The van der Waals surface area contributed by atoms with E-state index in [1.54, 1.807) is 24.3 Å². The first-order chi connectivity index (χ1) is 13.0. The van der Waals surface area contributed by atoms with E-state index in [0.29, 0.717) is 5.33 Å². The predicted molar refractivity (Wildman–Crippen MR) is 98.6 cm³/mol. The van der Waals surface area contributed by atoms with E-state index in [1.165, 1.54) is 4.90 Å². The number of alkyl halides is 1. The van der Waals surface area contributed by atoms with Gasteiger partial charge in [0.2, 0.25) is 5.91 Å². The van der Waals surface area contributed by atoms with Crippen molar-refractivity contribution in [2.75, 3.05) is 5.33 Å². The second-order valence-electron chi connectivity index (χ2n) is 6.05. The Kier molecular flexibility index (Phi) is 5.95. The third-order valence-electron chi connectivity index (χ3n) is 4.32. The van der Waals surface area contributed by atoms with Gasteiger partial charge in [0.25, 0.3) is 0 Å². The minimum absolute atomic E-state index is 0.0179. The van der Waals surface area contributed by atoms with Gasteiger partial charge in [-0.05, 0) is 5.56 Å². The zero-order valence-electron chi connectivity index (χ0n) is 14.3. The molecule has 8 heteroatoms. The highest BCUT2D eigenvalue weighted by Gasteiger charge is 2.55. The topological polar surface area (TPSA) is 93.1 Å². The molecule has 2 saturated heterocycles. The van der Waals surface area contributed by atoms with Crippen molar-refractivity contribution in [2.45, 2.75) is 31.7 Å². The Morgan fingerprint density at radius 1 is 1.30 bits per heavy atom. The molecule has 142 valence electrons. The molecule has 2 aliphatic rings. The van der Waals surface area contributed by atoms with Gasteiger partial charge in [-0.25, -0.2) is 9.59 Å². The summed E-state index contributed by atoms with van der Waals surface area (Å²) in [5.74, 6) is -2.18. The van der Waals surface area contributed by atoms with Crippen molar-refractivity contribution in [3.05, 3.63) is 59.4 Å². The number of rotatable bonds is 7. The molecule has 0 radical (unpaired) electrons. The van der Waals surface area contributed by atoms with Gasteiger partial charge in [0.05, 0.1) is 12.0 Å². The molecule has 7 nitrogen and oxygen atoms in total. The Bertz CT molecular complexity index is 804. The van der Waals surface area contributed by atoms with Gasteiger partial charge in [-0.15, -0.1) is 0 Å². The van der Waals surface area contributed by atoms with E-state index < -0.39 is 24.2 Å². The molecule has 1 aromatic carbocycles.